The molecule has 105 valence electrons. The van der Waals surface area contributed by atoms with Crippen LogP contribution in [0.4, 0.5) is 4.79 Å². The lowest BCUT2D eigenvalue weighted by molar-refractivity contribution is 0.0144. The molecule has 0 bridgehead atoms. The lowest BCUT2D eigenvalue weighted by Crippen LogP contribution is -2.50. The molecule has 0 spiro atoms. The van der Waals surface area contributed by atoms with E-state index in [0.717, 1.165) is 39.1 Å². The molecule has 0 aliphatic carbocycles. The van der Waals surface area contributed by atoms with Crippen LogP contribution in [0.5, 0.6) is 0 Å². The molecule has 0 aromatic rings. The maximum absolute atomic E-state index is 11.9. The Labute approximate surface area is 111 Å². The molecule has 0 aromatic carbocycles. The fourth-order valence-corrected chi connectivity index (χ4v) is 1.99. The average Bonchev–Trinajstić information content (AvgIpc) is 2.28. The van der Waals surface area contributed by atoms with Crippen LogP contribution in [0.3, 0.4) is 0 Å². The molecule has 4 heteroatoms. The average molecular weight is 255 g/mol. The van der Waals surface area contributed by atoms with E-state index in [4.69, 9.17) is 4.74 Å². The van der Waals surface area contributed by atoms with Crippen LogP contribution in [0, 0.1) is 6.92 Å². The first kappa shape index (κ1) is 15.3. The number of hydrogen-bond donors (Lipinski definition) is 0. The fourth-order valence-electron chi connectivity index (χ4n) is 1.99. The van der Waals surface area contributed by atoms with E-state index in [9.17, 15) is 4.79 Å². The molecule has 1 aliphatic rings. The molecular formula is C14H27N2O2. The number of nitrogens with zero attached hydrogens (tertiary/aromatic N) is 2. The molecule has 0 unspecified atom stereocenters. The highest BCUT2D eigenvalue weighted by molar-refractivity contribution is 5.68. The molecule has 4 nitrogen and oxygen atoms in total. The second kappa shape index (κ2) is 6.98. The van der Waals surface area contributed by atoms with E-state index in [1.54, 1.807) is 0 Å². The Hall–Kier alpha value is -0.770. The van der Waals surface area contributed by atoms with Crippen LogP contribution in [0.25, 0.3) is 0 Å². The van der Waals surface area contributed by atoms with Gasteiger partial charge in [0.2, 0.25) is 0 Å². The van der Waals surface area contributed by atoms with Gasteiger partial charge >= 0.3 is 6.09 Å². The highest BCUT2D eigenvalue weighted by atomic mass is 16.6. The smallest absolute Gasteiger partial charge is 0.410 e. The standard InChI is InChI=1S/C14H27N2O2/c1-5-6-7-8-15-9-11-16(12-10-15)13(17)18-14(2,3)4/h1,5-12H2,2-4H3. The minimum atomic E-state index is -0.400. The van der Waals surface area contributed by atoms with Crippen molar-refractivity contribution in [3.05, 3.63) is 6.92 Å². The van der Waals surface area contributed by atoms with Crippen LogP contribution in [0.2, 0.25) is 0 Å². The second-order valence-corrected chi connectivity index (χ2v) is 5.87. The Bertz CT molecular complexity index is 253. The second-order valence-electron chi connectivity index (χ2n) is 5.87. The van der Waals surface area contributed by atoms with Crippen molar-refractivity contribution in [1.82, 2.24) is 9.80 Å². The number of ether oxygens (including phenoxy) is 1. The quantitative estimate of drug-likeness (QED) is 0.724. The summed E-state index contributed by atoms with van der Waals surface area (Å²) in [5.74, 6) is 0. The largest absolute Gasteiger partial charge is 0.444 e. The summed E-state index contributed by atoms with van der Waals surface area (Å²) in [4.78, 5) is 16.1. The van der Waals surface area contributed by atoms with Gasteiger partial charge in [0.1, 0.15) is 5.60 Å². The van der Waals surface area contributed by atoms with Gasteiger partial charge in [-0.3, -0.25) is 4.90 Å². The maximum atomic E-state index is 11.9. The van der Waals surface area contributed by atoms with Crippen molar-refractivity contribution in [3.8, 4) is 0 Å². The van der Waals surface area contributed by atoms with Gasteiger partial charge < -0.3 is 9.64 Å². The van der Waals surface area contributed by atoms with Crippen molar-refractivity contribution >= 4 is 6.09 Å². The zero-order valence-corrected chi connectivity index (χ0v) is 12.1. The third-order valence-corrected chi connectivity index (χ3v) is 3.00. The number of amides is 1. The number of piperazine rings is 1. The molecule has 0 N–H and O–H groups in total. The number of carbonyl (C=O) groups excluding carboxylic acids is 1. The first-order chi connectivity index (χ1) is 8.42. The molecule has 0 aromatic heterocycles. The summed E-state index contributed by atoms with van der Waals surface area (Å²) in [6, 6.07) is 0. The lowest BCUT2D eigenvalue weighted by atomic mass is 10.2. The van der Waals surface area contributed by atoms with Crippen LogP contribution in [0.1, 0.15) is 40.0 Å². The summed E-state index contributed by atoms with van der Waals surface area (Å²) < 4.78 is 5.37. The monoisotopic (exact) mass is 255 g/mol. The molecule has 1 heterocycles. The van der Waals surface area contributed by atoms with E-state index in [1.165, 1.54) is 12.8 Å². The lowest BCUT2D eigenvalue weighted by Gasteiger charge is -2.35. The molecule has 0 atom stereocenters. The SMILES string of the molecule is [CH2]CCCCN1CCN(C(=O)OC(C)(C)C)CC1. The summed E-state index contributed by atoms with van der Waals surface area (Å²) in [5.41, 5.74) is -0.400. The van der Waals surface area contributed by atoms with E-state index < -0.39 is 5.60 Å². The topological polar surface area (TPSA) is 32.8 Å². The molecule has 1 rings (SSSR count). The zero-order chi connectivity index (χ0) is 13.6. The Morgan fingerprint density at radius 1 is 1.17 bits per heavy atom. The van der Waals surface area contributed by atoms with Crippen LogP contribution in [-0.4, -0.2) is 54.2 Å². The van der Waals surface area contributed by atoms with Crippen molar-refractivity contribution in [1.29, 1.82) is 0 Å². The third-order valence-electron chi connectivity index (χ3n) is 3.00. The number of hydrogen-bond acceptors (Lipinski definition) is 3. The molecule has 1 saturated heterocycles. The minimum absolute atomic E-state index is 0.181. The predicted molar refractivity (Wildman–Crippen MR) is 73.5 cm³/mol. The Morgan fingerprint density at radius 3 is 2.28 bits per heavy atom. The van der Waals surface area contributed by atoms with Gasteiger partial charge in [-0.2, -0.15) is 0 Å². The normalized spacial score (nSPS) is 17.9. The van der Waals surface area contributed by atoms with Crippen LogP contribution < -0.4 is 0 Å². The molecule has 1 amide bonds. The zero-order valence-electron chi connectivity index (χ0n) is 12.1. The Balaban J connectivity index is 2.24. The highest BCUT2D eigenvalue weighted by Crippen LogP contribution is 2.12. The summed E-state index contributed by atoms with van der Waals surface area (Å²) in [7, 11) is 0. The number of unbranched alkanes of at least 4 members (excludes halogenated alkanes) is 2. The molecular weight excluding hydrogens is 228 g/mol. The summed E-state index contributed by atoms with van der Waals surface area (Å²) in [5, 5.41) is 0. The van der Waals surface area contributed by atoms with Crippen molar-refractivity contribution < 1.29 is 9.53 Å². The minimum Gasteiger partial charge on any atom is -0.444 e. The molecule has 18 heavy (non-hydrogen) atoms. The molecule has 1 radical (unpaired) electrons. The van der Waals surface area contributed by atoms with E-state index >= 15 is 0 Å². The number of rotatable bonds is 4. The van der Waals surface area contributed by atoms with Gasteiger partial charge in [-0.05, 0) is 33.7 Å². The van der Waals surface area contributed by atoms with Crippen molar-refractivity contribution in [2.75, 3.05) is 32.7 Å². The van der Waals surface area contributed by atoms with Gasteiger partial charge in [-0.25, -0.2) is 4.79 Å². The summed E-state index contributed by atoms with van der Waals surface area (Å²) in [6.45, 7) is 14.1. The van der Waals surface area contributed by atoms with Gasteiger partial charge in [-0.15, -0.1) is 0 Å². The fraction of sp³-hybridized carbons (Fsp3) is 0.857. The summed E-state index contributed by atoms with van der Waals surface area (Å²) >= 11 is 0. The first-order valence-corrected chi connectivity index (χ1v) is 6.92. The Kier molecular flexibility index (Phi) is 5.93. The Morgan fingerprint density at radius 2 is 1.78 bits per heavy atom. The van der Waals surface area contributed by atoms with Crippen molar-refractivity contribution in [2.24, 2.45) is 0 Å². The van der Waals surface area contributed by atoms with E-state index in [0.29, 0.717) is 0 Å². The third kappa shape index (κ3) is 5.71. The first-order valence-electron chi connectivity index (χ1n) is 6.92. The van der Waals surface area contributed by atoms with Gasteiger partial charge in [0.15, 0.2) is 0 Å². The maximum Gasteiger partial charge on any atom is 0.410 e. The molecule has 0 saturated carbocycles. The van der Waals surface area contributed by atoms with Gasteiger partial charge in [0.25, 0.3) is 0 Å². The van der Waals surface area contributed by atoms with Crippen LogP contribution in [0.15, 0.2) is 0 Å². The van der Waals surface area contributed by atoms with Gasteiger partial charge in [0, 0.05) is 26.2 Å². The molecule has 1 fully saturated rings. The molecule has 1 aliphatic heterocycles. The summed E-state index contributed by atoms with van der Waals surface area (Å²) in [6.07, 6.45) is 3.22. The predicted octanol–water partition coefficient (Wildman–Crippen LogP) is 2.54. The van der Waals surface area contributed by atoms with Gasteiger partial charge in [0.05, 0.1) is 0 Å². The van der Waals surface area contributed by atoms with E-state index in [2.05, 4.69) is 11.8 Å². The van der Waals surface area contributed by atoms with Gasteiger partial charge in [-0.1, -0.05) is 19.8 Å². The van der Waals surface area contributed by atoms with E-state index in [-0.39, 0.29) is 6.09 Å². The highest BCUT2D eigenvalue weighted by Gasteiger charge is 2.25. The van der Waals surface area contributed by atoms with Crippen molar-refractivity contribution in [3.63, 3.8) is 0 Å². The van der Waals surface area contributed by atoms with Crippen LogP contribution >= 0.6 is 0 Å². The van der Waals surface area contributed by atoms with Crippen molar-refractivity contribution in [2.45, 2.75) is 45.6 Å². The van der Waals surface area contributed by atoms with Crippen LogP contribution in [-0.2, 0) is 4.74 Å². The number of carbonyl (C=O) groups is 1. The van der Waals surface area contributed by atoms with E-state index in [1.807, 2.05) is 25.7 Å².